The number of ether oxygens (including phenoxy) is 1. The SMILES string of the molecule is CCN(CC)CCN(CCOCc1ccccc1)Cc1ccccc1. The van der Waals surface area contributed by atoms with Gasteiger partial charge in [0.25, 0.3) is 0 Å². The minimum Gasteiger partial charge on any atom is -0.375 e. The Bertz CT molecular complexity index is 555. The van der Waals surface area contributed by atoms with E-state index in [2.05, 4.69) is 78.2 Å². The Morgan fingerprint density at radius 2 is 1.24 bits per heavy atom. The monoisotopic (exact) mass is 340 g/mol. The molecule has 0 saturated heterocycles. The summed E-state index contributed by atoms with van der Waals surface area (Å²) in [5.74, 6) is 0. The molecule has 3 heteroatoms. The predicted molar refractivity (Wildman–Crippen MR) is 106 cm³/mol. The molecule has 0 unspecified atom stereocenters. The fourth-order valence-electron chi connectivity index (χ4n) is 2.89. The molecule has 0 N–H and O–H groups in total. The lowest BCUT2D eigenvalue weighted by Crippen LogP contribution is -2.36. The van der Waals surface area contributed by atoms with E-state index in [1.165, 1.54) is 11.1 Å². The van der Waals surface area contributed by atoms with Crippen LogP contribution in [0.5, 0.6) is 0 Å². The molecule has 0 radical (unpaired) electrons. The third-order valence-corrected chi connectivity index (χ3v) is 4.54. The Hall–Kier alpha value is -1.68. The molecule has 0 heterocycles. The first-order valence-corrected chi connectivity index (χ1v) is 9.42. The van der Waals surface area contributed by atoms with Crippen LogP contribution in [0.3, 0.4) is 0 Å². The van der Waals surface area contributed by atoms with Crippen LogP contribution in [-0.2, 0) is 17.9 Å². The molecule has 0 aliphatic heterocycles. The number of hydrogen-bond acceptors (Lipinski definition) is 3. The molecule has 0 spiro atoms. The maximum absolute atomic E-state index is 5.89. The van der Waals surface area contributed by atoms with Crippen LogP contribution in [0.2, 0.25) is 0 Å². The van der Waals surface area contributed by atoms with Crippen molar-refractivity contribution in [1.82, 2.24) is 9.80 Å². The molecular formula is C22H32N2O. The smallest absolute Gasteiger partial charge is 0.0717 e. The Morgan fingerprint density at radius 3 is 1.84 bits per heavy atom. The van der Waals surface area contributed by atoms with Crippen LogP contribution in [0.15, 0.2) is 60.7 Å². The molecule has 0 aliphatic carbocycles. The topological polar surface area (TPSA) is 15.7 Å². The fourth-order valence-corrected chi connectivity index (χ4v) is 2.89. The van der Waals surface area contributed by atoms with Gasteiger partial charge in [-0.25, -0.2) is 0 Å². The minimum atomic E-state index is 0.691. The average Bonchev–Trinajstić information content (AvgIpc) is 2.67. The van der Waals surface area contributed by atoms with Gasteiger partial charge in [-0.05, 0) is 24.2 Å². The van der Waals surface area contributed by atoms with E-state index in [4.69, 9.17) is 4.74 Å². The van der Waals surface area contributed by atoms with Gasteiger partial charge in [0.05, 0.1) is 13.2 Å². The van der Waals surface area contributed by atoms with Gasteiger partial charge in [-0.3, -0.25) is 4.90 Å². The Balaban J connectivity index is 1.80. The van der Waals surface area contributed by atoms with E-state index in [9.17, 15) is 0 Å². The van der Waals surface area contributed by atoms with Gasteiger partial charge in [0.1, 0.15) is 0 Å². The van der Waals surface area contributed by atoms with Crippen molar-refractivity contribution in [2.75, 3.05) is 39.3 Å². The summed E-state index contributed by atoms with van der Waals surface area (Å²) in [7, 11) is 0. The van der Waals surface area contributed by atoms with E-state index in [0.29, 0.717) is 6.61 Å². The minimum absolute atomic E-state index is 0.691. The summed E-state index contributed by atoms with van der Waals surface area (Å²) >= 11 is 0. The van der Waals surface area contributed by atoms with E-state index >= 15 is 0 Å². The molecule has 2 aromatic rings. The molecule has 0 aliphatic rings. The molecule has 25 heavy (non-hydrogen) atoms. The molecule has 0 amide bonds. The van der Waals surface area contributed by atoms with Crippen molar-refractivity contribution in [3.05, 3.63) is 71.8 Å². The van der Waals surface area contributed by atoms with Gasteiger partial charge in [0, 0.05) is 26.2 Å². The molecular weight excluding hydrogens is 308 g/mol. The van der Waals surface area contributed by atoms with Crippen molar-refractivity contribution >= 4 is 0 Å². The van der Waals surface area contributed by atoms with Gasteiger partial charge >= 0.3 is 0 Å². The van der Waals surface area contributed by atoms with Crippen LogP contribution in [0.1, 0.15) is 25.0 Å². The summed E-state index contributed by atoms with van der Waals surface area (Å²) in [6, 6.07) is 21.1. The molecule has 136 valence electrons. The van der Waals surface area contributed by atoms with Crippen LogP contribution in [0, 0.1) is 0 Å². The van der Waals surface area contributed by atoms with Gasteiger partial charge < -0.3 is 9.64 Å². The zero-order valence-electron chi connectivity index (χ0n) is 15.7. The lowest BCUT2D eigenvalue weighted by atomic mass is 10.2. The van der Waals surface area contributed by atoms with Gasteiger partial charge in [0.15, 0.2) is 0 Å². The summed E-state index contributed by atoms with van der Waals surface area (Å²) < 4.78 is 5.89. The first kappa shape index (κ1) is 19.6. The normalized spacial score (nSPS) is 11.4. The second-order valence-corrected chi connectivity index (χ2v) is 6.33. The summed E-state index contributed by atoms with van der Waals surface area (Å²) in [4.78, 5) is 4.97. The summed E-state index contributed by atoms with van der Waals surface area (Å²) in [6.07, 6.45) is 0. The van der Waals surface area contributed by atoms with E-state index in [1.807, 2.05) is 6.07 Å². The Morgan fingerprint density at radius 1 is 0.680 bits per heavy atom. The van der Waals surface area contributed by atoms with Crippen molar-refractivity contribution in [3.8, 4) is 0 Å². The number of nitrogens with zero attached hydrogens (tertiary/aromatic N) is 2. The van der Waals surface area contributed by atoms with Crippen LogP contribution in [-0.4, -0.2) is 49.1 Å². The van der Waals surface area contributed by atoms with Crippen LogP contribution in [0.4, 0.5) is 0 Å². The molecule has 0 atom stereocenters. The number of likely N-dealkylation sites (N-methyl/N-ethyl adjacent to an activating group) is 1. The van der Waals surface area contributed by atoms with Gasteiger partial charge in [-0.15, -0.1) is 0 Å². The van der Waals surface area contributed by atoms with Crippen molar-refractivity contribution in [3.63, 3.8) is 0 Å². The number of benzene rings is 2. The molecule has 0 aromatic heterocycles. The van der Waals surface area contributed by atoms with Crippen molar-refractivity contribution in [2.24, 2.45) is 0 Å². The quantitative estimate of drug-likeness (QED) is 0.542. The second-order valence-electron chi connectivity index (χ2n) is 6.33. The van der Waals surface area contributed by atoms with Gasteiger partial charge in [0.2, 0.25) is 0 Å². The highest BCUT2D eigenvalue weighted by atomic mass is 16.5. The van der Waals surface area contributed by atoms with Gasteiger partial charge in [-0.2, -0.15) is 0 Å². The van der Waals surface area contributed by atoms with E-state index in [-0.39, 0.29) is 0 Å². The maximum atomic E-state index is 5.89. The lowest BCUT2D eigenvalue weighted by molar-refractivity contribution is 0.0862. The van der Waals surface area contributed by atoms with E-state index < -0.39 is 0 Å². The van der Waals surface area contributed by atoms with Gasteiger partial charge in [-0.1, -0.05) is 74.5 Å². The highest BCUT2D eigenvalue weighted by Gasteiger charge is 2.08. The lowest BCUT2D eigenvalue weighted by Gasteiger charge is -2.26. The highest BCUT2D eigenvalue weighted by Crippen LogP contribution is 2.06. The standard InChI is InChI=1S/C22H32N2O/c1-3-23(4-2)15-16-24(19-21-11-7-5-8-12-21)17-18-25-20-22-13-9-6-10-14-22/h5-14H,3-4,15-20H2,1-2H3. The first-order chi connectivity index (χ1) is 12.3. The molecule has 2 rings (SSSR count). The van der Waals surface area contributed by atoms with Crippen LogP contribution in [0.25, 0.3) is 0 Å². The maximum Gasteiger partial charge on any atom is 0.0717 e. The molecule has 0 fully saturated rings. The first-order valence-electron chi connectivity index (χ1n) is 9.42. The molecule has 0 bridgehead atoms. The Labute approximate surface area is 153 Å². The molecule has 3 nitrogen and oxygen atoms in total. The summed E-state index contributed by atoms with van der Waals surface area (Å²) in [6.45, 7) is 12.3. The highest BCUT2D eigenvalue weighted by molar-refractivity contribution is 5.14. The second kappa shape index (κ2) is 11.8. The Kier molecular flexibility index (Phi) is 9.27. The fraction of sp³-hybridized carbons (Fsp3) is 0.455. The molecule has 2 aromatic carbocycles. The zero-order chi connectivity index (χ0) is 17.7. The van der Waals surface area contributed by atoms with E-state index in [0.717, 1.165) is 45.9 Å². The van der Waals surface area contributed by atoms with Crippen LogP contribution >= 0.6 is 0 Å². The van der Waals surface area contributed by atoms with Crippen LogP contribution < -0.4 is 0 Å². The van der Waals surface area contributed by atoms with Crippen molar-refractivity contribution in [2.45, 2.75) is 27.0 Å². The third kappa shape index (κ3) is 7.82. The zero-order valence-corrected chi connectivity index (χ0v) is 15.7. The average molecular weight is 341 g/mol. The van der Waals surface area contributed by atoms with Crippen molar-refractivity contribution in [1.29, 1.82) is 0 Å². The molecule has 0 saturated carbocycles. The summed E-state index contributed by atoms with van der Waals surface area (Å²) in [5, 5.41) is 0. The summed E-state index contributed by atoms with van der Waals surface area (Å²) in [5.41, 5.74) is 2.60. The van der Waals surface area contributed by atoms with Crippen molar-refractivity contribution < 1.29 is 4.74 Å². The number of hydrogen-bond donors (Lipinski definition) is 0. The largest absolute Gasteiger partial charge is 0.375 e. The number of rotatable bonds is 12. The van der Waals surface area contributed by atoms with E-state index in [1.54, 1.807) is 0 Å². The predicted octanol–water partition coefficient (Wildman–Crippen LogP) is 4.05. The third-order valence-electron chi connectivity index (χ3n) is 4.54.